The summed E-state index contributed by atoms with van der Waals surface area (Å²) in [4.78, 5) is 0. The molecule has 80 heavy (non-hydrogen) atoms. The van der Waals surface area contributed by atoms with Gasteiger partial charge in [-0.05, 0) is 6.42 Å². The molecular formula is C30H37F28O19P3. The Bertz CT molecular complexity index is 2090. The molecule has 0 amide bonds. The number of hydrogen-bond donors (Lipinski definition) is 0. The highest BCUT2D eigenvalue weighted by atomic mass is 31.2. The maximum Gasteiger partial charge on any atom is 0.475 e. The molecule has 2 aliphatic rings. The van der Waals surface area contributed by atoms with Crippen molar-refractivity contribution in [3.63, 3.8) is 0 Å². The Morgan fingerprint density at radius 3 is 1.00 bits per heavy atom. The monoisotopic (exact) mass is 1330 g/mol. The van der Waals surface area contributed by atoms with Crippen LogP contribution in [0.3, 0.4) is 0 Å². The zero-order valence-corrected chi connectivity index (χ0v) is 42.5. The van der Waals surface area contributed by atoms with Crippen LogP contribution in [-0.2, 0) is 87.6 Å². The van der Waals surface area contributed by atoms with Crippen molar-refractivity contribution in [2.75, 3.05) is 74.7 Å². The molecule has 0 bridgehead atoms. The third-order valence-corrected chi connectivity index (χ3v) is 11.9. The Kier molecular flexibility index (Phi) is 25.7. The second-order valence-corrected chi connectivity index (χ2v) is 20.4. The van der Waals surface area contributed by atoms with Crippen molar-refractivity contribution in [1.29, 1.82) is 0 Å². The van der Waals surface area contributed by atoms with Gasteiger partial charge in [0.25, 0.3) is 0 Å². The predicted molar refractivity (Wildman–Crippen MR) is 191 cm³/mol. The zero-order valence-electron chi connectivity index (χ0n) is 39.8. The van der Waals surface area contributed by atoms with Crippen LogP contribution < -0.4 is 0 Å². The van der Waals surface area contributed by atoms with E-state index in [1.54, 1.807) is 18.6 Å². The van der Waals surface area contributed by atoms with E-state index >= 15 is 0 Å². The van der Waals surface area contributed by atoms with E-state index in [1.165, 1.54) is 4.74 Å². The molecule has 482 valence electrons. The SMILES string of the molecule is COC(F)(F)C(F)(F)OC(F)(F)COP1(=O)OCC(C)(C)CO1.COC(F)(F)C(F)(F)OC(F)(F)COP1(=O)OCCCO1.COP(=O)(OC)OCC(F)(F)OC(F)(F)C(F)(F)OC(F)(F)C(F)(F)OC(F)(F)C(F)(F)C(C)(F)F. The number of phosphoric ester groups is 3. The first-order valence-corrected chi connectivity index (χ1v) is 23.7. The Morgan fingerprint density at radius 1 is 0.425 bits per heavy atom. The quantitative estimate of drug-likeness (QED) is 0.0505. The lowest BCUT2D eigenvalue weighted by molar-refractivity contribution is -0.566. The van der Waals surface area contributed by atoms with E-state index < -0.39 is 141 Å². The summed E-state index contributed by atoms with van der Waals surface area (Å²) in [5.41, 5.74) is -0.566. The van der Waals surface area contributed by atoms with Gasteiger partial charge in [0.2, 0.25) is 0 Å². The molecule has 50 heteroatoms. The highest BCUT2D eigenvalue weighted by Gasteiger charge is 2.79. The molecule has 0 unspecified atom stereocenters. The number of methoxy groups -OCH3 is 2. The van der Waals surface area contributed by atoms with Crippen LogP contribution in [0.2, 0.25) is 0 Å². The van der Waals surface area contributed by atoms with E-state index in [0.29, 0.717) is 20.6 Å². The van der Waals surface area contributed by atoms with Gasteiger partial charge in [-0.1, -0.05) is 13.8 Å². The van der Waals surface area contributed by atoms with Gasteiger partial charge in [-0.2, -0.15) is 123 Å². The van der Waals surface area contributed by atoms with Crippen molar-refractivity contribution < 1.29 is 210 Å². The zero-order chi connectivity index (χ0) is 64.0. The van der Waals surface area contributed by atoms with Gasteiger partial charge in [0, 0.05) is 40.8 Å². The Morgan fingerprint density at radius 2 is 0.700 bits per heavy atom. The molecule has 2 saturated heterocycles. The molecule has 0 radical (unpaired) electrons. The third-order valence-electron chi connectivity index (χ3n) is 7.76. The predicted octanol–water partition coefficient (Wildman–Crippen LogP) is 12.9. The van der Waals surface area contributed by atoms with Gasteiger partial charge in [0.15, 0.2) is 0 Å². The molecule has 2 heterocycles. The molecule has 0 saturated carbocycles. The lowest BCUT2D eigenvalue weighted by Gasteiger charge is -2.36. The normalized spacial score (nSPS) is 18.9. The van der Waals surface area contributed by atoms with Crippen LogP contribution in [0, 0.1) is 5.41 Å². The summed E-state index contributed by atoms with van der Waals surface area (Å²) in [5, 5.41) is 0. The molecule has 0 aliphatic carbocycles. The molecule has 0 N–H and O–H groups in total. The van der Waals surface area contributed by atoms with Gasteiger partial charge < -0.3 is 9.47 Å². The first-order valence-electron chi connectivity index (χ1n) is 19.4. The highest BCUT2D eigenvalue weighted by molar-refractivity contribution is 7.49. The Labute approximate surface area is 426 Å². The van der Waals surface area contributed by atoms with Crippen molar-refractivity contribution in [2.45, 2.75) is 112 Å². The molecule has 0 aromatic carbocycles. The van der Waals surface area contributed by atoms with Gasteiger partial charge in [-0.15, -0.1) is 0 Å². The van der Waals surface area contributed by atoms with E-state index in [9.17, 15) is 137 Å². The number of alkyl halides is 28. The number of rotatable bonds is 29. The molecular weight excluding hydrogens is 1290 g/mol. The summed E-state index contributed by atoms with van der Waals surface area (Å²) in [6.45, 7) is -5.14. The third kappa shape index (κ3) is 22.2. The van der Waals surface area contributed by atoms with Crippen LogP contribution in [0.25, 0.3) is 0 Å². The number of halogens is 28. The van der Waals surface area contributed by atoms with Gasteiger partial charge in [0.1, 0.15) is 19.8 Å². The fraction of sp³-hybridized carbons (Fsp3) is 1.00. The minimum atomic E-state index is -7.54. The molecule has 2 fully saturated rings. The van der Waals surface area contributed by atoms with Crippen LogP contribution in [0.5, 0.6) is 0 Å². The van der Waals surface area contributed by atoms with Crippen molar-refractivity contribution >= 4 is 23.5 Å². The molecule has 0 aromatic rings. The van der Waals surface area contributed by atoms with E-state index in [2.05, 4.69) is 64.4 Å². The molecule has 0 spiro atoms. The standard InChI is InChI=1S/C12H11F16O7P.C10H15F6O6P.C8H11F6O6P/c1-5(13,14)7(17,18)8(19,20)34-11(25,26)12(27,28)35-10(23,24)9(21,22)33-6(15,16)4-32-36(29,30-2)31-3;1-7(2)4-19-23(17,20-5-7)21-6-8(11,12)22-10(15,16)9(13,14)18-3;1-16-7(11,12)8(13,14)20-6(9,10)5-19-21(15)17-3-2-4-18-21/h4H2,1-3H3;4-6H2,1-3H3;2-5H2,1H3. The largest absolute Gasteiger partial charge is 0.475 e. The number of ether oxygens (including phenoxy) is 7. The molecule has 0 atom stereocenters. The van der Waals surface area contributed by atoms with Crippen molar-refractivity contribution in [3.05, 3.63) is 0 Å². The summed E-state index contributed by atoms with van der Waals surface area (Å²) in [6.07, 6.45) is -74.0. The van der Waals surface area contributed by atoms with Crippen LogP contribution in [-0.4, -0.2) is 160 Å². The Balaban J connectivity index is 0.00000123. The smallest absolute Gasteiger partial charge is 0.317 e. The van der Waals surface area contributed by atoms with E-state index in [-0.39, 0.29) is 40.6 Å². The summed E-state index contributed by atoms with van der Waals surface area (Å²) >= 11 is 0. The van der Waals surface area contributed by atoms with E-state index in [0.717, 1.165) is 0 Å². The fourth-order valence-electron chi connectivity index (χ4n) is 3.71. The summed E-state index contributed by atoms with van der Waals surface area (Å²) in [7, 11) is -12.4. The van der Waals surface area contributed by atoms with Crippen LogP contribution in [0.1, 0.15) is 27.2 Å². The number of hydrogen-bond acceptors (Lipinski definition) is 19. The van der Waals surface area contributed by atoms with E-state index in [1.807, 2.05) is 0 Å². The lowest BCUT2D eigenvalue weighted by atomic mass is 9.97. The summed E-state index contributed by atoms with van der Waals surface area (Å²) < 4.78 is 453. The van der Waals surface area contributed by atoms with Crippen molar-refractivity contribution in [1.82, 2.24) is 0 Å². The molecule has 2 aliphatic heterocycles. The highest BCUT2D eigenvalue weighted by Crippen LogP contribution is 2.57. The maximum absolute atomic E-state index is 13.3. The first-order chi connectivity index (χ1) is 35.0. The summed E-state index contributed by atoms with van der Waals surface area (Å²) in [6, 6.07) is 0. The average molecular weight is 1330 g/mol. The average Bonchev–Trinajstić information content (AvgIpc) is 3.26. The van der Waals surface area contributed by atoms with Crippen LogP contribution in [0.15, 0.2) is 0 Å². The van der Waals surface area contributed by atoms with E-state index in [4.69, 9.17) is 0 Å². The van der Waals surface area contributed by atoms with Gasteiger partial charge in [-0.25, -0.2) is 37.4 Å². The van der Waals surface area contributed by atoms with Gasteiger partial charge >= 0.3 is 109 Å². The Hall–Kier alpha value is -1.91. The summed E-state index contributed by atoms with van der Waals surface area (Å²) in [5.74, 6) is -13.0. The molecule has 2 rings (SSSR count). The fourth-order valence-corrected chi connectivity index (χ4v) is 7.17. The van der Waals surface area contributed by atoms with Crippen LogP contribution >= 0.6 is 23.5 Å². The minimum Gasteiger partial charge on any atom is -0.317 e. The van der Waals surface area contributed by atoms with Gasteiger partial charge in [-0.3, -0.25) is 40.7 Å². The van der Waals surface area contributed by atoms with Crippen molar-refractivity contribution in [2.24, 2.45) is 5.41 Å². The van der Waals surface area contributed by atoms with Gasteiger partial charge in [0.05, 0.1) is 26.4 Å². The maximum atomic E-state index is 13.3. The minimum absolute atomic E-state index is 0.123. The second kappa shape index (κ2) is 26.4. The van der Waals surface area contributed by atoms with Crippen LogP contribution in [0.4, 0.5) is 123 Å². The molecule has 19 nitrogen and oxygen atoms in total. The van der Waals surface area contributed by atoms with Crippen molar-refractivity contribution in [3.8, 4) is 0 Å². The topological polar surface area (TPSA) is 199 Å². The second-order valence-electron chi connectivity index (χ2n) is 15.2. The number of phosphoric acid groups is 3. The lowest BCUT2D eigenvalue weighted by Crippen LogP contribution is -2.61. The first kappa shape index (κ1) is 78.1. The molecule has 0 aromatic heterocycles.